The van der Waals surface area contributed by atoms with E-state index in [-0.39, 0.29) is 36.6 Å². The third kappa shape index (κ3) is 3.31. The third-order valence-corrected chi connectivity index (χ3v) is 6.14. The molecule has 8 nitrogen and oxygen atoms in total. The van der Waals surface area contributed by atoms with E-state index in [1.54, 1.807) is 18.2 Å². The molecule has 26 heavy (non-hydrogen) atoms. The molecule has 0 bridgehead atoms. The second kappa shape index (κ2) is 6.85. The molecule has 0 spiro atoms. The summed E-state index contributed by atoms with van der Waals surface area (Å²) in [5.41, 5.74) is 0.0113. The standard InChI is InChI=1S/C17H18N2O6S/c20-14-10-12(11-15(21)16(14)22)17(23)18-6-8-19(9-7-18)26(24,25)13-4-2-1-3-5-13/h1-5,10-11,20-22H,6-9H2. The number of hydrogen-bond donors (Lipinski definition) is 3. The highest BCUT2D eigenvalue weighted by Gasteiger charge is 2.30. The predicted octanol–water partition coefficient (Wildman–Crippen LogP) is 0.950. The maximum atomic E-state index is 12.6. The fraction of sp³-hybridized carbons (Fsp3) is 0.235. The van der Waals surface area contributed by atoms with Crippen molar-refractivity contribution in [3.63, 3.8) is 0 Å². The lowest BCUT2D eigenvalue weighted by molar-refractivity contribution is 0.0697. The minimum atomic E-state index is -3.61. The van der Waals surface area contributed by atoms with Crippen LogP contribution in [0.5, 0.6) is 17.2 Å². The summed E-state index contributed by atoms with van der Waals surface area (Å²) < 4.78 is 26.5. The van der Waals surface area contributed by atoms with Crippen LogP contribution in [0.4, 0.5) is 0 Å². The molecule has 1 aliphatic rings. The van der Waals surface area contributed by atoms with Crippen LogP contribution in [-0.2, 0) is 10.0 Å². The maximum absolute atomic E-state index is 12.6. The smallest absolute Gasteiger partial charge is 0.254 e. The highest BCUT2D eigenvalue weighted by Crippen LogP contribution is 2.35. The Morgan fingerprint density at radius 1 is 0.885 bits per heavy atom. The Balaban J connectivity index is 1.72. The third-order valence-electron chi connectivity index (χ3n) is 4.22. The minimum Gasteiger partial charge on any atom is -0.504 e. The Morgan fingerprint density at radius 3 is 1.96 bits per heavy atom. The fourth-order valence-electron chi connectivity index (χ4n) is 2.78. The Hall–Kier alpha value is -2.78. The second-order valence-electron chi connectivity index (χ2n) is 5.87. The van der Waals surface area contributed by atoms with Gasteiger partial charge < -0.3 is 20.2 Å². The molecule has 1 heterocycles. The molecular formula is C17H18N2O6S. The van der Waals surface area contributed by atoms with Gasteiger partial charge in [-0.25, -0.2) is 8.42 Å². The molecule has 1 saturated heterocycles. The van der Waals surface area contributed by atoms with E-state index in [0.29, 0.717) is 0 Å². The molecule has 0 aromatic heterocycles. The van der Waals surface area contributed by atoms with Gasteiger partial charge in [0.2, 0.25) is 10.0 Å². The van der Waals surface area contributed by atoms with Crippen molar-refractivity contribution in [3.05, 3.63) is 48.0 Å². The Morgan fingerprint density at radius 2 is 1.42 bits per heavy atom. The molecule has 0 aliphatic carbocycles. The molecule has 1 aliphatic heterocycles. The van der Waals surface area contributed by atoms with Crippen molar-refractivity contribution in [2.24, 2.45) is 0 Å². The van der Waals surface area contributed by atoms with Crippen molar-refractivity contribution in [1.29, 1.82) is 0 Å². The number of carbonyl (C=O) groups excluding carboxylic acids is 1. The topological polar surface area (TPSA) is 118 Å². The van der Waals surface area contributed by atoms with E-state index in [1.165, 1.54) is 21.3 Å². The molecule has 138 valence electrons. The van der Waals surface area contributed by atoms with Gasteiger partial charge in [-0.3, -0.25) is 4.79 Å². The molecule has 3 N–H and O–H groups in total. The van der Waals surface area contributed by atoms with Gasteiger partial charge in [-0.1, -0.05) is 18.2 Å². The van der Waals surface area contributed by atoms with Crippen LogP contribution in [0.1, 0.15) is 10.4 Å². The fourth-order valence-corrected chi connectivity index (χ4v) is 4.23. The molecular weight excluding hydrogens is 360 g/mol. The van der Waals surface area contributed by atoms with Gasteiger partial charge >= 0.3 is 0 Å². The second-order valence-corrected chi connectivity index (χ2v) is 7.81. The summed E-state index contributed by atoms with van der Waals surface area (Å²) in [4.78, 5) is 14.1. The van der Waals surface area contributed by atoms with Crippen LogP contribution in [0.2, 0.25) is 0 Å². The first-order valence-electron chi connectivity index (χ1n) is 7.90. The lowest BCUT2D eigenvalue weighted by Crippen LogP contribution is -2.50. The number of rotatable bonds is 3. The van der Waals surface area contributed by atoms with Crippen molar-refractivity contribution >= 4 is 15.9 Å². The van der Waals surface area contributed by atoms with Crippen molar-refractivity contribution < 1.29 is 28.5 Å². The van der Waals surface area contributed by atoms with Crippen molar-refractivity contribution in [2.45, 2.75) is 4.90 Å². The summed E-state index contributed by atoms with van der Waals surface area (Å²) in [6, 6.07) is 10.2. The lowest BCUT2D eigenvalue weighted by atomic mass is 10.1. The van der Waals surface area contributed by atoms with Crippen LogP contribution >= 0.6 is 0 Å². The van der Waals surface area contributed by atoms with Gasteiger partial charge in [-0.05, 0) is 24.3 Å². The molecule has 0 radical (unpaired) electrons. The van der Waals surface area contributed by atoms with Crippen LogP contribution in [0.15, 0.2) is 47.4 Å². The Labute approximate surface area is 150 Å². The highest BCUT2D eigenvalue weighted by atomic mass is 32.2. The van der Waals surface area contributed by atoms with Gasteiger partial charge in [-0.15, -0.1) is 0 Å². The van der Waals surface area contributed by atoms with Crippen molar-refractivity contribution in [3.8, 4) is 17.2 Å². The quantitative estimate of drug-likeness (QED) is 0.685. The zero-order chi connectivity index (χ0) is 18.9. The number of phenolic OH excluding ortho intramolecular Hbond substituents is 3. The predicted molar refractivity (Wildman–Crippen MR) is 92.5 cm³/mol. The van der Waals surface area contributed by atoms with Crippen LogP contribution in [-0.4, -0.2) is 65.0 Å². The zero-order valence-corrected chi connectivity index (χ0v) is 14.6. The summed E-state index contributed by atoms with van der Waals surface area (Å²) in [6.07, 6.45) is 0. The molecule has 3 rings (SSSR count). The summed E-state index contributed by atoms with van der Waals surface area (Å²) in [5, 5.41) is 28.4. The number of piperazine rings is 1. The van der Waals surface area contributed by atoms with Gasteiger partial charge in [-0.2, -0.15) is 4.31 Å². The van der Waals surface area contributed by atoms with E-state index in [1.807, 2.05) is 0 Å². The highest BCUT2D eigenvalue weighted by molar-refractivity contribution is 7.89. The van der Waals surface area contributed by atoms with E-state index in [9.17, 15) is 28.5 Å². The molecule has 1 fully saturated rings. The molecule has 9 heteroatoms. The van der Waals surface area contributed by atoms with Crippen LogP contribution in [0.3, 0.4) is 0 Å². The summed E-state index contributed by atoms with van der Waals surface area (Å²) >= 11 is 0. The average molecular weight is 378 g/mol. The first-order chi connectivity index (χ1) is 12.3. The number of aromatic hydroxyl groups is 3. The SMILES string of the molecule is O=C(c1cc(O)c(O)c(O)c1)N1CCN(S(=O)(=O)c2ccccc2)CC1. The number of nitrogens with zero attached hydrogens (tertiary/aromatic N) is 2. The van der Waals surface area contributed by atoms with Crippen molar-refractivity contribution in [2.75, 3.05) is 26.2 Å². The van der Waals surface area contributed by atoms with Crippen LogP contribution < -0.4 is 0 Å². The van der Waals surface area contributed by atoms with E-state index < -0.39 is 33.2 Å². The van der Waals surface area contributed by atoms with Crippen LogP contribution in [0, 0.1) is 0 Å². The van der Waals surface area contributed by atoms with Gasteiger partial charge in [0.1, 0.15) is 0 Å². The Bertz CT molecular complexity index is 899. The van der Waals surface area contributed by atoms with Crippen LogP contribution in [0.25, 0.3) is 0 Å². The molecule has 1 amide bonds. The number of benzene rings is 2. The monoisotopic (exact) mass is 378 g/mol. The molecule has 0 unspecified atom stereocenters. The molecule has 0 atom stereocenters. The summed E-state index contributed by atoms with van der Waals surface area (Å²) in [7, 11) is -3.61. The number of carbonyl (C=O) groups is 1. The first kappa shape index (κ1) is 18.0. The largest absolute Gasteiger partial charge is 0.504 e. The summed E-state index contributed by atoms with van der Waals surface area (Å²) in [5.74, 6) is -2.36. The normalized spacial score (nSPS) is 15.8. The number of sulfonamides is 1. The first-order valence-corrected chi connectivity index (χ1v) is 9.34. The summed E-state index contributed by atoms with van der Waals surface area (Å²) in [6.45, 7) is 0.624. The van der Waals surface area contributed by atoms with Crippen molar-refractivity contribution in [1.82, 2.24) is 9.21 Å². The van der Waals surface area contributed by atoms with Gasteiger partial charge in [0.15, 0.2) is 17.2 Å². The van der Waals surface area contributed by atoms with E-state index in [0.717, 1.165) is 12.1 Å². The number of phenols is 3. The number of hydrogen-bond acceptors (Lipinski definition) is 6. The van der Waals surface area contributed by atoms with Gasteiger partial charge in [0.25, 0.3) is 5.91 Å². The average Bonchev–Trinajstić information content (AvgIpc) is 2.66. The Kier molecular flexibility index (Phi) is 4.75. The lowest BCUT2D eigenvalue weighted by Gasteiger charge is -2.34. The molecule has 2 aromatic rings. The van der Waals surface area contributed by atoms with E-state index >= 15 is 0 Å². The van der Waals surface area contributed by atoms with Gasteiger partial charge in [0, 0.05) is 31.7 Å². The molecule has 0 saturated carbocycles. The van der Waals surface area contributed by atoms with E-state index in [4.69, 9.17) is 0 Å². The number of amides is 1. The minimum absolute atomic E-state index is 0.0113. The zero-order valence-electron chi connectivity index (χ0n) is 13.7. The maximum Gasteiger partial charge on any atom is 0.254 e. The van der Waals surface area contributed by atoms with Gasteiger partial charge in [0.05, 0.1) is 4.90 Å². The molecule has 2 aromatic carbocycles. The van der Waals surface area contributed by atoms with E-state index in [2.05, 4.69) is 0 Å².